The van der Waals surface area contributed by atoms with Gasteiger partial charge < -0.3 is 0 Å². The minimum Gasteiger partial charge on any atom is -0.294 e. The molecule has 4 aromatic rings. The minimum atomic E-state index is -3.18. The summed E-state index contributed by atoms with van der Waals surface area (Å²) >= 11 is 1.61. The molecule has 0 saturated heterocycles. The molecule has 2 aromatic carbocycles. The van der Waals surface area contributed by atoms with Crippen molar-refractivity contribution in [3.8, 4) is 21.7 Å². The fraction of sp³-hybridized carbons (Fsp3) is 0.105. The summed E-state index contributed by atoms with van der Waals surface area (Å²) in [4.78, 5) is 7.10. The molecule has 0 atom stereocenters. The predicted octanol–water partition coefficient (Wildman–Crippen LogP) is 4.44. The van der Waals surface area contributed by atoms with E-state index in [0.717, 1.165) is 32.4 Å². The second-order valence-corrected chi connectivity index (χ2v) is 8.95. The molecule has 0 unspecified atom stereocenters. The van der Waals surface area contributed by atoms with E-state index in [1.165, 1.54) is 6.26 Å². The third kappa shape index (κ3) is 2.88. The second-order valence-electron chi connectivity index (χ2n) is 5.96. The Balaban J connectivity index is 1.77. The maximum atomic E-state index is 11.6. The summed E-state index contributed by atoms with van der Waals surface area (Å²) in [5.74, 6) is 0. The smallest absolute Gasteiger partial charge is 0.195 e. The van der Waals surface area contributed by atoms with Gasteiger partial charge in [0.25, 0.3) is 0 Å². The first-order chi connectivity index (χ1) is 11.9. The summed E-state index contributed by atoms with van der Waals surface area (Å²) < 4.78 is 25.3. The lowest BCUT2D eigenvalue weighted by Crippen LogP contribution is -1.96. The van der Waals surface area contributed by atoms with Gasteiger partial charge in [0.1, 0.15) is 0 Å². The number of imidazole rings is 1. The monoisotopic (exact) mass is 368 g/mol. The van der Waals surface area contributed by atoms with Crippen molar-refractivity contribution >= 4 is 26.1 Å². The van der Waals surface area contributed by atoms with Crippen LogP contribution in [0.25, 0.3) is 26.7 Å². The van der Waals surface area contributed by atoms with E-state index in [1.54, 1.807) is 23.5 Å². The molecular formula is C19H16N2O2S2. The predicted molar refractivity (Wildman–Crippen MR) is 102 cm³/mol. The fourth-order valence-electron chi connectivity index (χ4n) is 2.82. The number of thiazole rings is 1. The van der Waals surface area contributed by atoms with Gasteiger partial charge in [-0.1, -0.05) is 53.8 Å². The van der Waals surface area contributed by atoms with Crippen LogP contribution in [0.5, 0.6) is 0 Å². The van der Waals surface area contributed by atoms with Gasteiger partial charge in [-0.2, -0.15) is 0 Å². The third-order valence-electron chi connectivity index (χ3n) is 4.17. The molecule has 4 rings (SSSR count). The van der Waals surface area contributed by atoms with E-state index in [-0.39, 0.29) is 0 Å². The number of fused-ring (bicyclic) bond motifs is 1. The number of aromatic nitrogens is 2. The van der Waals surface area contributed by atoms with Crippen LogP contribution in [0.4, 0.5) is 0 Å². The first-order valence-corrected chi connectivity index (χ1v) is 10.5. The van der Waals surface area contributed by atoms with Crippen LogP contribution in [-0.2, 0) is 9.84 Å². The Labute approximate surface area is 150 Å². The van der Waals surface area contributed by atoms with Gasteiger partial charge in [-0.3, -0.25) is 4.40 Å². The average molecular weight is 368 g/mol. The van der Waals surface area contributed by atoms with Gasteiger partial charge >= 0.3 is 0 Å². The Kier molecular flexibility index (Phi) is 3.74. The van der Waals surface area contributed by atoms with Crippen molar-refractivity contribution in [1.29, 1.82) is 0 Å². The Bertz CT molecular complexity index is 1160. The molecule has 0 saturated carbocycles. The molecule has 2 heterocycles. The molecule has 25 heavy (non-hydrogen) atoms. The number of benzene rings is 2. The highest BCUT2D eigenvalue weighted by Crippen LogP contribution is 2.34. The number of hydrogen-bond acceptors (Lipinski definition) is 4. The molecule has 2 aromatic heterocycles. The lowest BCUT2D eigenvalue weighted by Gasteiger charge is -2.02. The van der Waals surface area contributed by atoms with Crippen molar-refractivity contribution in [3.63, 3.8) is 0 Å². The van der Waals surface area contributed by atoms with E-state index in [0.29, 0.717) is 4.90 Å². The molecule has 0 spiro atoms. The van der Waals surface area contributed by atoms with Crippen LogP contribution in [-0.4, -0.2) is 24.1 Å². The average Bonchev–Trinajstić information content (AvgIpc) is 3.15. The molecule has 0 amide bonds. The van der Waals surface area contributed by atoms with Crippen LogP contribution in [0, 0.1) is 6.92 Å². The summed E-state index contributed by atoms with van der Waals surface area (Å²) in [6.45, 7) is 2.06. The molecule has 0 aliphatic rings. The molecule has 0 fully saturated rings. The fourth-order valence-corrected chi connectivity index (χ4v) is 4.56. The molecule has 0 bridgehead atoms. The summed E-state index contributed by atoms with van der Waals surface area (Å²) in [5, 5.41) is 0. The topological polar surface area (TPSA) is 51.4 Å². The lowest BCUT2D eigenvalue weighted by molar-refractivity contribution is 0.602. The zero-order valence-corrected chi connectivity index (χ0v) is 15.4. The molecule has 0 radical (unpaired) electrons. The Morgan fingerprint density at radius 3 is 2.24 bits per heavy atom. The molecule has 4 nitrogen and oxygen atoms in total. The quantitative estimate of drug-likeness (QED) is 0.537. The number of hydrogen-bond donors (Lipinski definition) is 0. The van der Waals surface area contributed by atoms with E-state index >= 15 is 0 Å². The number of aryl methyl sites for hydroxylation is 1. The van der Waals surface area contributed by atoms with Crippen LogP contribution in [0.1, 0.15) is 5.69 Å². The van der Waals surface area contributed by atoms with Gasteiger partial charge in [0.15, 0.2) is 14.8 Å². The first-order valence-electron chi connectivity index (χ1n) is 7.78. The second kappa shape index (κ2) is 5.82. The number of nitrogens with zero attached hydrogens (tertiary/aromatic N) is 2. The van der Waals surface area contributed by atoms with Crippen LogP contribution >= 0.6 is 11.3 Å². The molecule has 0 aliphatic carbocycles. The van der Waals surface area contributed by atoms with E-state index in [9.17, 15) is 8.42 Å². The van der Waals surface area contributed by atoms with Gasteiger partial charge in [-0.05, 0) is 24.6 Å². The van der Waals surface area contributed by atoms with Crippen LogP contribution in [0.2, 0.25) is 0 Å². The Morgan fingerprint density at radius 1 is 0.960 bits per heavy atom. The summed E-state index contributed by atoms with van der Waals surface area (Å²) in [7, 11) is -3.18. The van der Waals surface area contributed by atoms with Gasteiger partial charge in [-0.25, -0.2) is 13.4 Å². The third-order valence-corrected chi connectivity index (χ3v) is 6.51. The molecular weight excluding hydrogens is 352 g/mol. The van der Waals surface area contributed by atoms with E-state index < -0.39 is 9.84 Å². The largest absolute Gasteiger partial charge is 0.294 e. The standard InChI is InChI=1S/C19H16N2O2S2/c1-13-18(15-8-10-16(11-9-15)25(2,22)23)24-19-20-17(12-21(13)19)14-6-4-3-5-7-14/h3-12H,1-2H3. The van der Waals surface area contributed by atoms with Gasteiger partial charge in [0.05, 0.1) is 15.5 Å². The summed E-state index contributed by atoms with van der Waals surface area (Å²) in [6, 6.07) is 17.1. The van der Waals surface area contributed by atoms with Crippen molar-refractivity contribution in [3.05, 3.63) is 66.5 Å². The highest BCUT2D eigenvalue weighted by Gasteiger charge is 2.15. The lowest BCUT2D eigenvalue weighted by atomic mass is 10.1. The summed E-state index contributed by atoms with van der Waals surface area (Å²) in [5.41, 5.74) is 4.15. The molecule has 6 heteroatoms. The number of sulfone groups is 1. The molecule has 0 aliphatic heterocycles. The molecule has 0 N–H and O–H groups in total. The van der Waals surface area contributed by atoms with Crippen LogP contribution < -0.4 is 0 Å². The zero-order chi connectivity index (χ0) is 17.6. The SMILES string of the molecule is Cc1c(-c2ccc(S(C)(=O)=O)cc2)sc2nc(-c3ccccc3)cn12. The van der Waals surface area contributed by atoms with Crippen molar-refractivity contribution in [2.24, 2.45) is 0 Å². The van der Waals surface area contributed by atoms with Crippen molar-refractivity contribution in [2.45, 2.75) is 11.8 Å². The Morgan fingerprint density at radius 2 is 1.64 bits per heavy atom. The first kappa shape index (κ1) is 16.1. The van der Waals surface area contributed by atoms with E-state index in [4.69, 9.17) is 4.98 Å². The van der Waals surface area contributed by atoms with E-state index in [1.807, 2.05) is 48.7 Å². The van der Waals surface area contributed by atoms with Gasteiger partial charge in [-0.15, -0.1) is 0 Å². The molecule has 126 valence electrons. The number of rotatable bonds is 3. The Hall–Kier alpha value is -2.44. The minimum absolute atomic E-state index is 0.335. The maximum Gasteiger partial charge on any atom is 0.195 e. The van der Waals surface area contributed by atoms with E-state index in [2.05, 4.69) is 11.3 Å². The normalized spacial score (nSPS) is 11.9. The van der Waals surface area contributed by atoms with Gasteiger partial charge in [0, 0.05) is 23.7 Å². The summed E-state index contributed by atoms with van der Waals surface area (Å²) in [6.07, 6.45) is 3.27. The van der Waals surface area contributed by atoms with Crippen LogP contribution in [0.3, 0.4) is 0 Å². The zero-order valence-electron chi connectivity index (χ0n) is 13.8. The highest BCUT2D eigenvalue weighted by atomic mass is 32.2. The van der Waals surface area contributed by atoms with Crippen molar-refractivity contribution < 1.29 is 8.42 Å². The van der Waals surface area contributed by atoms with Crippen molar-refractivity contribution in [1.82, 2.24) is 9.38 Å². The maximum absolute atomic E-state index is 11.6. The van der Waals surface area contributed by atoms with Crippen LogP contribution in [0.15, 0.2) is 65.7 Å². The highest BCUT2D eigenvalue weighted by molar-refractivity contribution is 7.90. The van der Waals surface area contributed by atoms with Crippen molar-refractivity contribution in [2.75, 3.05) is 6.26 Å². The van der Waals surface area contributed by atoms with Gasteiger partial charge in [0.2, 0.25) is 0 Å².